The molecule has 43 heavy (non-hydrogen) atoms. The molecule has 6 rings (SSSR count). The first kappa shape index (κ1) is 40.8. The monoisotopic (exact) mass is 700 g/mol. The third kappa shape index (κ3) is 9.15. The first-order valence-corrected chi connectivity index (χ1v) is 17.7. The molecular formula is C39H44Cl2SiZr-4. The normalized spacial score (nSPS) is 9.72. The van der Waals surface area contributed by atoms with Gasteiger partial charge in [0.2, 0.25) is 0 Å². The van der Waals surface area contributed by atoms with Crippen LogP contribution in [-0.4, -0.2) is 6.88 Å². The molecule has 0 fully saturated rings. The van der Waals surface area contributed by atoms with Crippen LogP contribution in [0.2, 0.25) is 0 Å². The van der Waals surface area contributed by atoms with Gasteiger partial charge >= 0.3 is 30.2 Å². The molecule has 0 nitrogen and oxygen atoms in total. The molecule has 0 amide bonds. The second-order valence-electron chi connectivity index (χ2n) is 10.7. The molecule has 226 valence electrons. The van der Waals surface area contributed by atoms with E-state index in [0.29, 0.717) is 5.92 Å². The molecule has 0 aromatic heterocycles. The fourth-order valence-corrected chi connectivity index (χ4v) is 5.33. The number of hydrogen-bond donors (Lipinski definition) is 0. The van der Waals surface area contributed by atoms with Crippen molar-refractivity contribution in [3.63, 3.8) is 0 Å². The summed E-state index contributed by atoms with van der Waals surface area (Å²) in [6, 6.07) is 37.5. The van der Waals surface area contributed by atoms with Gasteiger partial charge in [-0.15, -0.1) is 93.4 Å². The van der Waals surface area contributed by atoms with Gasteiger partial charge in [0, 0.05) is 0 Å². The Morgan fingerprint density at radius 1 is 0.605 bits per heavy atom. The molecule has 0 aliphatic carbocycles. The Hall–Kier alpha value is -2.22. The Bertz CT molecular complexity index is 1710. The molecular weight excluding hydrogens is 659 g/mol. The zero-order valence-electron chi connectivity index (χ0n) is 26.7. The zero-order chi connectivity index (χ0) is 28.1. The van der Waals surface area contributed by atoms with Crippen molar-refractivity contribution in [1.29, 1.82) is 0 Å². The van der Waals surface area contributed by atoms with Crippen LogP contribution in [0.15, 0.2) is 103 Å². The Morgan fingerprint density at radius 3 is 1.88 bits per heavy atom. The molecule has 0 saturated heterocycles. The van der Waals surface area contributed by atoms with Gasteiger partial charge in [-0.3, -0.25) is 0 Å². The number of hydrogen-bond acceptors (Lipinski definition) is 0. The fourth-order valence-electron chi connectivity index (χ4n) is 5.33. The predicted octanol–water partition coefficient (Wildman–Crippen LogP) is 12.2. The summed E-state index contributed by atoms with van der Waals surface area (Å²) in [5.41, 5.74) is 12.2. The molecule has 0 N–H and O–H groups in total. The Labute approximate surface area is 290 Å². The zero-order valence-corrected chi connectivity index (χ0v) is 31.8. The van der Waals surface area contributed by atoms with E-state index in [1.807, 2.05) is 0 Å². The maximum atomic E-state index is 3.06. The maximum absolute atomic E-state index is 3.06. The van der Waals surface area contributed by atoms with E-state index in [2.05, 4.69) is 152 Å². The van der Waals surface area contributed by atoms with Crippen LogP contribution < -0.4 is 0 Å². The summed E-state index contributed by atoms with van der Waals surface area (Å²) in [6.07, 6.45) is 0. The topological polar surface area (TPSA) is 0 Å². The second kappa shape index (κ2) is 18.6. The quantitative estimate of drug-likeness (QED) is 0.127. The molecule has 6 aromatic rings. The van der Waals surface area contributed by atoms with Crippen LogP contribution in [0.25, 0.3) is 43.8 Å². The van der Waals surface area contributed by atoms with Gasteiger partial charge in [-0.1, -0.05) is 99.5 Å². The van der Waals surface area contributed by atoms with Crippen molar-refractivity contribution in [2.24, 2.45) is 0 Å². The van der Waals surface area contributed by atoms with Gasteiger partial charge in [0.05, 0.1) is 0 Å². The molecule has 0 unspecified atom stereocenters. The summed E-state index contributed by atoms with van der Waals surface area (Å²) >= 11 is 1.36. The average Bonchev–Trinajstić information content (AvgIpc) is 3.57. The molecule has 0 atom stereocenters. The van der Waals surface area contributed by atoms with Crippen LogP contribution in [0, 0.1) is 42.5 Å². The summed E-state index contributed by atoms with van der Waals surface area (Å²) in [4.78, 5) is 0. The van der Waals surface area contributed by atoms with Gasteiger partial charge in [0.25, 0.3) is 0 Å². The average molecular weight is 703 g/mol. The summed E-state index contributed by atoms with van der Waals surface area (Å²) in [6.45, 7) is 16.3. The van der Waals surface area contributed by atoms with E-state index in [4.69, 9.17) is 0 Å². The molecule has 4 heteroatoms. The van der Waals surface area contributed by atoms with Gasteiger partial charge in [0.1, 0.15) is 0 Å². The van der Waals surface area contributed by atoms with Crippen LogP contribution in [0.4, 0.5) is 0 Å². The molecule has 0 heterocycles. The van der Waals surface area contributed by atoms with Crippen molar-refractivity contribution in [1.82, 2.24) is 0 Å². The standard InChI is InChI=1S/C19H19.C18H17.2CH3.2ClH.Si.Zr/c1-12-10-18-14(3)8-9-17(19(18)11-12)16-7-5-6-13(2)15(16)4;1-13(2)16-11-15-9-6-10-17(18(15)12-16)14-7-4-3-5-8-14;;;;;;/h5-11H,1-4H3;3-13H,1-2H3;2*1H3;2*1H;;/q4*-1;;;;. The van der Waals surface area contributed by atoms with Gasteiger partial charge < -0.3 is 14.9 Å². The minimum absolute atomic E-state index is 0. The van der Waals surface area contributed by atoms with Crippen molar-refractivity contribution in [2.45, 2.75) is 47.5 Å². The van der Waals surface area contributed by atoms with E-state index in [1.54, 1.807) is 0 Å². The van der Waals surface area contributed by atoms with Crippen LogP contribution in [0.3, 0.4) is 0 Å². The second-order valence-corrected chi connectivity index (χ2v) is 10.7. The number of rotatable bonds is 3. The van der Waals surface area contributed by atoms with Crippen LogP contribution in [-0.2, 0) is 23.3 Å². The molecule has 6 aromatic carbocycles. The number of aryl methyl sites for hydroxylation is 3. The number of benzene rings is 4. The van der Waals surface area contributed by atoms with E-state index in [1.165, 1.54) is 95.0 Å². The molecule has 0 spiro atoms. The third-order valence-electron chi connectivity index (χ3n) is 7.67. The molecule has 0 aliphatic heterocycles. The first-order valence-electron chi connectivity index (χ1n) is 13.6. The summed E-state index contributed by atoms with van der Waals surface area (Å²) < 4.78 is 0. The van der Waals surface area contributed by atoms with E-state index in [-0.39, 0.29) is 39.7 Å². The van der Waals surface area contributed by atoms with E-state index in [9.17, 15) is 0 Å². The van der Waals surface area contributed by atoms with Crippen LogP contribution in [0.1, 0.15) is 47.6 Å². The molecule has 0 aliphatic rings. The van der Waals surface area contributed by atoms with E-state index in [0.717, 1.165) is 0 Å². The molecule has 0 saturated carbocycles. The predicted molar refractivity (Wildman–Crippen MR) is 196 cm³/mol. The minimum atomic E-state index is 0. The van der Waals surface area contributed by atoms with E-state index >= 15 is 0 Å². The SMILES string of the molecule is CC(C)c1cc2c(-c3ccccc3)cccc2[cH-]1.Cc1cc2c(-c3cccc(C)c3C)ccc(C)c2[cH-]1.Cl.Cl.[CH3-].[CH3-].[Si]=[Zr]. The van der Waals surface area contributed by atoms with E-state index < -0.39 is 0 Å². The van der Waals surface area contributed by atoms with Crippen molar-refractivity contribution in [3.8, 4) is 22.3 Å². The summed E-state index contributed by atoms with van der Waals surface area (Å²) in [5, 5.41) is 5.48. The molecule has 0 bridgehead atoms. The molecule has 2 radical (unpaired) electrons. The van der Waals surface area contributed by atoms with Crippen molar-refractivity contribution in [2.75, 3.05) is 0 Å². The Balaban J connectivity index is 0.000000714. The van der Waals surface area contributed by atoms with Crippen molar-refractivity contribution in [3.05, 3.63) is 146 Å². The van der Waals surface area contributed by atoms with Gasteiger partial charge in [-0.2, -0.15) is 12.1 Å². The van der Waals surface area contributed by atoms with Gasteiger partial charge in [0.15, 0.2) is 0 Å². The number of fused-ring (bicyclic) bond motifs is 2. The van der Waals surface area contributed by atoms with Crippen molar-refractivity contribution >= 4 is 53.2 Å². The Kier molecular flexibility index (Phi) is 17.6. The van der Waals surface area contributed by atoms with Crippen LogP contribution in [0.5, 0.6) is 0 Å². The van der Waals surface area contributed by atoms with Gasteiger partial charge in [-0.05, 0) is 42.0 Å². The Morgan fingerprint density at radius 2 is 1.23 bits per heavy atom. The fraction of sp³-hybridized carbons (Fsp3) is 0.179. The van der Waals surface area contributed by atoms with Crippen LogP contribution >= 0.6 is 24.8 Å². The summed E-state index contributed by atoms with van der Waals surface area (Å²) in [5.74, 6) is 0.584. The number of halogens is 2. The van der Waals surface area contributed by atoms with Gasteiger partial charge in [-0.25, -0.2) is 0 Å². The van der Waals surface area contributed by atoms with Crippen molar-refractivity contribution < 1.29 is 23.3 Å². The third-order valence-corrected chi connectivity index (χ3v) is 7.67. The first-order chi connectivity index (χ1) is 18.8. The summed E-state index contributed by atoms with van der Waals surface area (Å²) in [7, 11) is 0.